The summed E-state index contributed by atoms with van der Waals surface area (Å²) in [4.78, 5) is 38.6. The highest BCUT2D eigenvalue weighted by molar-refractivity contribution is 5.96. The van der Waals surface area contributed by atoms with E-state index in [1.807, 2.05) is 0 Å². The molecule has 2 heterocycles. The van der Waals surface area contributed by atoms with Crippen LogP contribution in [0.1, 0.15) is 21.5 Å². The quantitative estimate of drug-likeness (QED) is 0.699. The zero-order valence-corrected chi connectivity index (χ0v) is 15.8. The van der Waals surface area contributed by atoms with Crippen LogP contribution < -0.4 is 16.1 Å². The fourth-order valence-electron chi connectivity index (χ4n) is 3.11. The van der Waals surface area contributed by atoms with Crippen LogP contribution in [-0.2, 0) is 19.4 Å². The minimum absolute atomic E-state index is 0.0274. The summed E-state index contributed by atoms with van der Waals surface area (Å²) in [6.45, 7) is -0.395. The standard InChI is InChI=1S/C17H15F6N5O3/c1-26-14(30)12(24-25-15(26)31)27-4-6-28(7-5-27)13(29)10-8-9(16(18,19)20)2-3-11(10)17(21,22)23/h2-3,8H,4-7H2,1H3,(H,25,31). The number of alkyl halides is 6. The van der Waals surface area contributed by atoms with E-state index in [4.69, 9.17) is 0 Å². The molecule has 1 aromatic carbocycles. The van der Waals surface area contributed by atoms with Crippen molar-refractivity contribution in [3.05, 3.63) is 55.7 Å². The Labute approximate surface area is 169 Å². The molecule has 1 aliphatic rings. The third kappa shape index (κ3) is 4.41. The second-order valence-corrected chi connectivity index (χ2v) is 6.75. The molecule has 31 heavy (non-hydrogen) atoms. The van der Waals surface area contributed by atoms with Gasteiger partial charge in [-0.25, -0.2) is 9.89 Å². The van der Waals surface area contributed by atoms with E-state index in [1.165, 1.54) is 11.9 Å². The van der Waals surface area contributed by atoms with Crippen molar-refractivity contribution < 1.29 is 31.1 Å². The highest BCUT2D eigenvalue weighted by Crippen LogP contribution is 2.37. The Hall–Kier alpha value is -3.32. The molecule has 8 nitrogen and oxygen atoms in total. The number of benzene rings is 1. The smallest absolute Gasteiger partial charge is 0.347 e. The number of aromatic amines is 1. The van der Waals surface area contributed by atoms with E-state index in [2.05, 4.69) is 10.2 Å². The number of aromatic nitrogens is 3. The fourth-order valence-corrected chi connectivity index (χ4v) is 3.11. The van der Waals surface area contributed by atoms with E-state index < -0.39 is 46.2 Å². The minimum Gasteiger partial charge on any atom is -0.347 e. The minimum atomic E-state index is -5.02. The highest BCUT2D eigenvalue weighted by atomic mass is 19.4. The van der Waals surface area contributed by atoms with Gasteiger partial charge < -0.3 is 9.80 Å². The molecule has 1 amide bonds. The van der Waals surface area contributed by atoms with Gasteiger partial charge in [0.1, 0.15) is 0 Å². The molecular weight excluding hydrogens is 436 g/mol. The Kier molecular flexibility index (Phi) is 5.58. The van der Waals surface area contributed by atoms with Gasteiger partial charge in [0.05, 0.1) is 16.7 Å². The average molecular weight is 451 g/mol. The normalized spacial score (nSPS) is 15.3. The van der Waals surface area contributed by atoms with Crippen LogP contribution in [0.15, 0.2) is 27.8 Å². The maximum atomic E-state index is 13.3. The first-order valence-corrected chi connectivity index (χ1v) is 8.79. The Balaban J connectivity index is 1.86. The van der Waals surface area contributed by atoms with Crippen LogP contribution in [0.4, 0.5) is 32.2 Å². The summed E-state index contributed by atoms with van der Waals surface area (Å²) in [5, 5.41) is 5.77. The molecule has 1 aromatic heterocycles. The summed E-state index contributed by atoms with van der Waals surface area (Å²) in [5.74, 6) is -1.33. The van der Waals surface area contributed by atoms with Crippen molar-refractivity contribution in [2.24, 2.45) is 7.05 Å². The lowest BCUT2D eigenvalue weighted by atomic mass is 10.0. The van der Waals surface area contributed by atoms with Gasteiger partial charge in [-0.05, 0) is 18.2 Å². The number of nitrogens with zero attached hydrogens (tertiary/aromatic N) is 4. The molecular formula is C17H15F6N5O3. The third-order valence-electron chi connectivity index (χ3n) is 4.81. The third-order valence-corrected chi connectivity index (χ3v) is 4.81. The molecule has 14 heteroatoms. The molecule has 0 radical (unpaired) electrons. The van der Waals surface area contributed by atoms with Crippen molar-refractivity contribution >= 4 is 11.7 Å². The van der Waals surface area contributed by atoms with E-state index in [0.717, 1.165) is 9.47 Å². The molecule has 0 saturated carbocycles. The van der Waals surface area contributed by atoms with Gasteiger partial charge in [-0.2, -0.15) is 26.3 Å². The molecule has 1 saturated heterocycles. The first-order valence-electron chi connectivity index (χ1n) is 8.79. The Morgan fingerprint density at radius 1 is 1.00 bits per heavy atom. The summed E-state index contributed by atoms with van der Waals surface area (Å²) < 4.78 is 79.5. The van der Waals surface area contributed by atoms with E-state index >= 15 is 0 Å². The first-order chi connectivity index (χ1) is 14.3. The lowest BCUT2D eigenvalue weighted by molar-refractivity contribution is -0.141. The molecule has 1 aliphatic heterocycles. The largest absolute Gasteiger partial charge is 0.417 e. The Bertz CT molecular complexity index is 1110. The molecule has 0 bridgehead atoms. The van der Waals surface area contributed by atoms with Gasteiger partial charge in [0, 0.05) is 33.2 Å². The number of carbonyl (C=O) groups excluding carboxylic acids is 1. The molecule has 2 aromatic rings. The molecule has 0 spiro atoms. The number of halogens is 6. The Morgan fingerprint density at radius 3 is 2.16 bits per heavy atom. The molecule has 0 unspecified atom stereocenters. The first kappa shape index (κ1) is 22.4. The van der Waals surface area contributed by atoms with Gasteiger partial charge in [0.15, 0.2) is 0 Å². The number of rotatable bonds is 2. The maximum Gasteiger partial charge on any atom is 0.417 e. The van der Waals surface area contributed by atoms with Gasteiger partial charge in [0.2, 0.25) is 5.82 Å². The van der Waals surface area contributed by atoms with Crippen molar-refractivity contribution in [3.63, 3.8) is 0 Å². The van der Waals surface area contributed by atoms with E-state index in [-0.39, 0.29) is 50.2 Å². The number of nitrogens with one attached hydrogen (secondary N) is 1. The van der Waals surface area contributed by atoms with Crippen LogP contribution in [0.5, 0.6) is 0 Å². The second-order valence-electron chi connectivity index (χ2n) is 6.75. The maximum absolute atomic E-state index is 13.3. The number of piperazine rings is 1. The summed E-state index contributed by atoms with van der Waals surface area (Å²) >= 11 is 0. The SMILES string of the molecule is Cn1c(=O)[nH]nc(N2CCN(C(=O)c3cc(C(F)(F)F)ccc3C(F)(F)F)CC2)c1=O. The summed E-state index contributed by atoms with van der Waals surface area (Å²) in [6.07, 6.45) is -9.95. The van der Waals surface area contributed by atoms with Crippen LogP contribution in [0.3, 0.4) is 0 Å². The van der Waals surface area contributed by atoms with Crippen LogP contribution in [0.25, 0.3) is 0 Å². The van der Waals surface area contributed by atoms with Gasteiger partial charge >= 0.3 is 18.0 Å². The zero-order chi connectivity index (χ0) is 23.1. The van der Waals surface area contributed by atoms with Crippen molar-refractivity contribution in [1.29, 1.82) is 0 Å². The fraction of sp³-hybridized carbons (Fsp3) is 0.412. The second kappa shape index (κ2) is 7.74. The van der Waals surface area contributed by atoms with Crippen molar-refractivity contribution in [2.45, 2.75) is 12.4 Å². The molecule has 0 atom stereocenters. The van der Waals surface area contributed by atoms with Crippen LogP contribution in [0, 0.1) is 0 Å². The van der Waals surface area contributed by atoms with Crippen LogP contribution >= 0.6 is 0 Å². The topological polar surface area (TPSA) is 91.3 Å². The average Bonchev–Trinajstić information content (AvgIpc) is 2.70. The predicted molar refractivity (Wildman–Crippen MR) is 94.7 cm³/mol. The lowest BCUT2D eigenvalue weighted by Crippen LogP contribution is -2.51. The zero-order valence-electron chi connectivity index (χ0n) is 15.8. The molecule has 0 aliphatic carbocycles. The number of H-pyrrole nitrogens is 1. The van der Waals surface area contributed by atoms with Crippen molar-refractivity contribution in [3.8, 4) is 0 Å². The van der Waals surface area contributed by atoms with E-state index in [9.17, 15) is 40.7 Å². The summed E-state index contributed by atoms with van der Waals surface area (Å²) in [6, 6.07) is 0.701. The predicted octanol–water partition coefficient (Wildman–Crippen LogP) is 1.47. The molecule has 1 N–H and O–H groups in total. The highest BCUT2D eigenvalue weighted by Gasteiger charge is 2.40. The number of hydrogen-bond acceptors (Lipinski definition) is 5. The number of hydrogen-bond donors (Lipinski definition) is 1. The summed E-state index contributed by atoms with van der Waals surface area (Å²) in [7, 11) is 1.22. The molecule has 168 valence electrons. The van der Waals surface area contributed by atoms with E-state index in [1.54, 1.807) is 0 Å². The van der Waals surface area contributed by atoms with E-state index in [0.29, 0.717) is 0 Å². The molecule has 1 fully saturated rings. The van der Waals surface area contributed by atoms with Gasteiger partial charge in [-0.1, -0.05) is 0 Å². The van der Waals surface area contributed by atoms with Gasteiger partial charge in [-0.3, -0.25) is 14.2 Å². The molecule has 3 rings (SSSR count). The lowest BCUT2D eigenvalue weighted by Gasteiger charge is -2.35. The Morgan fingerprint density at radius 2 is 1.61 bits per heavy atom. The van der Waals surface area contributed by atoms with Crippen LogP contribution in [0.2, 0.25) is 0 Å². The van der Waals surface area contributed by atoms with Crippen molar-refractivity contribution in [2.75, 3.05) is 31.1 Å². The van der Waals surface area contributed by atoms with Crippen LogP contribution in [-0.4, -0.2) is 51.8 Å². The number of anilines is 1. The number of amides is 1. The van der Waals surface area contributed by atoms with Gasteiger partial charge in [-0.15, -0.1) is 5.10 Å². The monoisotopic (exact) mass is 451 g/mol. The summed E-state index contributed by atoms with van der Waals surface area (Å²) in [5.41, 5.74) is -5.39. The number of carbonyl (C=O) groups is 1. The van der Waals surface area contributed by atoms with Crippen molar-refractivity contribution in [1.82, 2.24) is 19.7 Å². The van der Waals surface area contributed by atoms with Gasteiger partial charge in [0.25, 0.3) is 11.5 Å².